The van der Waals surface area contributed by atoms with Crippen molar-refractivity contribution in [3.63, 3.8) is 0 Å². The lowest BCUT2D eigenvalue weighted by molar-refractivity contribution is 0.252. The van der Waals surface area contributed by atoms with Crippen LogP contribution >= 0.6 is 0 Å². The van der Waals surface area contributed by atoms with E-state index >= 15 is 0 Å². The number of likely N-dealkylation sites (tertiary alicyclic amines) is 1. The average Bonchev–Trinajstić information content (AvgIpc) is 3.41. The molecule has 190 valence electrons. The number of nitrogens with one attached hydrogen (secondary N) is 1. The average molecular weight is 478 g/mol. The maximum atomic E-state index is 5.09. The number of anilines is 2. The van der Waals surface area contributed by atoms with Gasteiger partial charge in [0.05, 0.1) is 5.69 Å². The van der Waals surface area contributed by atoms with Crippen molar-refractivity contribution in [2.75, 3.05) is 82.7 Å². The SMILES string of the molecule is CCCN1CCc2nc(-c3ccc(N4CCN(C)CC4)cc3)nc(NCCCN3CCCC3)c2C1. The van der Waals surface area contributed by atoms with Gasteiger partial charge in [-0.3, -0.25) is 4.90 Å². The van der Waals surface area contributed by atoms with Crippen LogP contribution in [0.3, 0.4) is 0 Å². The molecule has 0 unspecified atom stereocenters. The minimum absolute atomic E-state index is 0.861. The molecule has 5 rings (SSSR count). The van der Waals surface area contributed by atoms with E-state index < -0.39 is 0 Å². The molecule has 0 spiro atoms. The van der Waals surface area contributed by atoms with Crippen LogP contribution in [-0.4, -0.2) is 97.2 Å². The molecule has 7 heteroatoms. The second-order valence-corrected chi connectivity index (χ2v) is 10.5. The van der Waals surface area contributed by atoms with Gasteiger partial charge in [0.15, 0.2) is 5.82 Å². The van der Waals surface area contributed by atoms with Gasteiger partial charge in [-0.1, -0.05) is 6.92 Å². The van der Waals surface area contributed by atoms with E-state index in [0.29, 0.717) is 0 Å². The Morgan fingerprint density at radius 2 is 1.63 bits per heavy atom. The molecule has 4 heterocycles. The van der Waals surface area contributed by atoms with Gasteiger partial charge in [-0.2, -0.15) is 0 Å². The zero-order valence-corrected chi connectivity index (χ0v) is 21.8. The van der Waals surface area contributed by atoms with Crippen LogP contribution in [0.5, 0.6) is 0 Å². The predicted octanol–water partition coefficient (Wildman–Crippen LogP) is 3.56. The van der Waals surface area contributed by atoms with Crippen molar-refractivity contribution >= 4 is 11.5 Å². The lowest BCUT2D eigenvalue weighted by Crippen LogP contribution is -2.44. The van der Waals surface area contributed by atoms with Crippen molar-refractivity contribution in [1.29, 1.82) is 0 Å². The van der Waals surface area contributed by atoms with Crippen molar-refractivity contribution in [3.05, 3.63) is 35.5 Å². The Hall–Kier alpha value is -2.22. The van der Waals surface area contributed by atoms with Crippen LogP contribution in [0.15, 0.2) is 24.3 Å². The first-order chi connectivity index (χ1) is 17.2. The first kappa shape index (κ1) is 24.5. The number of benzene rings is 1. The largest absolute Gasteiger partial charge is 0.370 e. The van der Waals surface area contributed by atoms with Crippen LogP contribution in [0.25, 0.3) is 11.4 Å². The molecule has 0 radical (unpaired) electrons. The van der Waals surface area contributed by atoms with Crippen molar-refractivity contribution in [2.45, 2.75) is 45.6 Å². The Morgan fingerprint density at radius 1 is 0.857 bits per heavy atom. The number of hydrogen-bond acceptors (Lipinski definition) is 7. The maximum absolute atomic E-state index is 5.09. The summed E-state index contributed by atoms with van der Waals surface area (Å²) in [7, 11) is 2.20. The summed E-state index contributed by atoms with van der Waals surface area (Å²) in [6.07, 6.45) is 6.07. The molecular formula is C28H43N7. The van der Waals surface area contributed by atoms with Crippen LogP contribution in [-0.2, 0) is 13.0 Å². The van der Waals surface area contributed by atoms with Gasteiger partial charge < -0.3 is 20.0 Å². The Labute approximate surface area is 211 Å². The summed E-state index contributed by atoms with van der Waals surface area (Å²) in [4.78, 5) is 20.2. The minimum Gasteiger partial charge on any atom is -0.370 e. The number of piperazine rings is 1. The first-order valence-electron chi connectivity index (χ1n) is 13.8. The van der Waals surface area contributed by atoms with Gasteiger partial charge in [0.25, 0.3) is 0 Å². The van der Waals surface area contributed by atoms with E-state index in [-0.39, 0.29) is 0 Å². The van der Waals surface area contributed by atoms with Crippen molar-refractivity contribution in [1.82, 2.24) is 24.7 Å². The molecule has 35 heavy (non-hydrogen) atoms. The molecule has 3 aliphatic rings. The third-order valence-corrected chi connectivity index (χ3v) is 7.82. The van der Waals surface area contributed by atoms with Gasteiger partial charge in [-0.05, 0) is 83.2 Å². The van der Waals surface area contributed by atoms with Crippen molar-refractivity contribution in [3.8, 4) is 11.4 Å². The molecular weight excluding hydrogens is 434 g/mol. The number of rotatable bonds is 9. The van der Waals surface area contributed by atoms with E-state index in [1.807, 2.05) is 0 Å². The fraction of sp³-hybridized carbons (Fsp3) is 0.643. The summed E-state index contributed by atoms with van der Waals surface area (Å²) in [5, 5.41) is 3.72. The summed E-state index contributed by atoms with van der Waals surface area (Å²) in [5.74, 6) is 1.91. The first-order valence-corrected chi connectivity index (χ1v) is 13.8. The fourth-order valence-corrected chi connectivity index (χ4v) is 5.65. The maximum Gasteiger partial charge on any atom is 0.161 e. The molecule has 1 aromatic carbocycles. The third-order valence-electron chi connectivity index (χ3n) is 7.82. The highest BCUT2D eigenvalue weighted by molar-refractivity contribution is 5.63. The van der Waals surface area contributed by atoms with E-state index in [1.54, 1.807) is 0 Å². The quantitative estimate of drug-likeness (QED) is 0.554. The molecule has 3 aliphatic heterocycles. The number of aromatic nitrogens is 2. The second kappa shape index (κ2) is 11.7. The predicted molar refractivity (Wildman–Crippen MR) is 145 cm³/mol. The Morgan fingerprint density at radius 3 is 2.37 bits per heavy atom. The van der Waals surface area contributed by atoms with Crippen LogP contribution in [0.1, 0.15) is 43.9 Å². The molecule has 2 aromatic rings. The fourth-order valence-electron chi connectivity index (χ4n) is 5.65. The zero-order valence-electron chi connectivity index (χ0n) is 21.8. The highest BCUT2D eigenvalue weighted by Gasteiger charge is 2.23. The number of nitrogens with zero attached hydrogens (tertiary/aromatic N) is 6. The van der Waals surface area contributed by atoms with E-state index in [4.69, 9.17) is 9.97 Å². The topological polar surface area (TPSA) is 50.8 Å². The van der Waals surface area contributed by atoms with E-state index in [2.05, 4.69) is 63.2 Å². The Kier molecular flexibility index (Phi) is 8.16. The highest BCUT2D eigenvalue weighted by Crippen LogP contribution is 2.29. The summed E-state index contributed by atoms with van der Waals surface area (Å²) in [5.41, 5.74) is 4.95. The molecule has 0 saturated carbocycles. The van der Waals surface area contributed by atoms with Crippen LogP contribution in [0.2, 0.25) is 0 Å². The molecule has 0 aliphatic carbocycles. The normalized spacial score (nSPS) is 19.8. The number of hydrogen-bond donors (Lipinski definition) is 1. The molecule has 2 saturated heterocycles. The monoisotopic (exact) mass is 477 g/mol. The van der Waals surface area contributed by atoms with Crippen molar-refractivity contribution < 1.29 is 0 Å². The summed E-state index contributed by atoms with van der Waals surface area (Å²) in [6, 6.07) is 8.91. The lowest BCUT2D eigenvalue weighted by Gasteiger charge is -2.34. The van der Waals surface area contributed by atoms with Crippen LogP contribution < -0.4 is 10.2 Å². The number of fused-ring (bicyclic) bond motifs is 1. The van der Waals surface area contributed by atoms with Crippen molar-refractivity contribution in [2.24, 2.45) is 0 Å². The van der Waals surface area contributed by atoms with Crippen LogP contribution in [0.4, 0.5) is 11.5 Å². The smallest absolute Gasteiger partial charge is 0.161 e. The van der Waals surface area contributed by atoms with Gasteiger partial charge >= 0.3 is 0 Å². The molecule has 1 N–H and O–H groups in total. The summed E-state index contributed by atoms with van der Waals surface area (Å²) >= 11 is 0. The minimum atomic E-state index is 0.861. The lowest BCUT2D eigenvalue weighted by atomic mass is 10.0. The zero-order chi connectivity index (χ0) is 24.0. The molecule has 7 nitrogen and oxygen atoms in total. The molecule has 0 amide bonds. The molecule has 0 bridgehead atoms. The summed E-state index contributed by atoms with van der Waals surface area (Å²) < 4.78 is 0. The summed E-state index contributed by atoms with van der Waals surface area (Å²) in [6.45, 7) is 14.6. The van der Waals surface area contributed by atoms with Crippen LogP contribution in [0, 0.1) is 0 Å². The standard InChI is InChI=1S/C28H43N7/c1-3-13-34-17-11-26-25(22-34)28(29-12-6-16-33-14-4-5-15-33)31-27(30-26)23-7-9-24(10-8-23)35-20-18-32(2)19-21-35/h7-10H,3-6,11-22H2,1-2H3,(H,29,30,31). The second-order valence-electron chi connectivity index (χ2n) is 10.5. The molecule has 0 atom stereocenters. The molecule has 2 fully saturated rings. The van der Waals surface area contributed by atoms with Gasteiger partial charge in [-0.15, -0.1) is 0 Å². The van der Waals surface area contributed by atoms with Gasteiger partial charge in [0.1, 0.15) is 5.82 Å². The van der Waals surface area contributed by atoms with E-state index in [1.165, 1.54) is 55.8 Å². The number of likely N-dealkylation sites (N-methyl/N-ethyl adjacent to an activating group) is 1. The van der Waals surface area contributed by atoms with E-state index in [9.17, 15) is 0 Å². The third kappa shape index (κ3) is 6.13. The highest BCUT2D eigenvalue weighted by atomic mass is 15.2. The Bertz CT molecular complexity index is 947. The van der Waals surface area contributed by atoms with E-state index in [0.717, 1.165) is 82.4 Å². The van der Waals surface area contributed by atoms with Gasteiger partial charge in [0, 0.05) is 69.0 Å². The van der Waals surface area contributed by atoms with Gasteiger partial charge in [-0.25, -0.2) is 9.97 Å². The van der Waals surface area contributed by atoms with Gasteiger partial charge in [0.2, 0.25) is 0 Å². The molecule has 1 aromatic heterocycles. The Balaban J connectivity index is 1.32.